The molecule has 106 valence electrons. The molecule has 0 aliphatic heterocycles. The highest BCUT2D eigenvalue weighted by Gasteiger charge is 2.33. The van der Waals surface area contributed by atoms with Gasteiger partial charge in [0, 0.05) is 18.8 Å². The third-order valence-electron chi connectivity index (χ3n) is 2.47. The molecule has 0 saturated carbocycles. The maximum atomic E-state index is 12.4. The van der Waals surface area contributed by atoms with E-state index in [2.05, 4.69) is 4.98 Å². The molecule has 0 aliphatic carbocycles. The van der Waals surface area contributed by atoms with Crippen molar-refractivity contribution in [2.75, 3.05) is 13.1 Å². The predicted octanol–water partition coefficient (Wildman–Crippen LogP) is 2.18. The molecule has 1 amide bonds. The molecule has 1 aromatic rings. The van der Waals surface area contributed by atoms with E-state index in [0.29, 0.717) is 12.8 Å². The first-order valence-electron chi connectivity index (χ1n) is 5.88. The second-order valence-electron chi connectivity index (χ2n) is 4.14. The zero-order valence-electron chi connectivity index (χ0n) is 10.5. The molecule has 0 unspecified atom stereocenters. The summed E-state index contributed by atoms with van der Waals surface area (Å²) in [6.07, 6.45) is -2.13. The second-order valence-corrected chi connectivity index (χ2v) is 4.14. The van der Waals surface area contributed by atoms with Gasteiger partial charge in [-0.3, -0.25) is 9.59 Å². The van der Waals surface area contributed by atoms with Crippen LogP contribution in [-0.4, -0.2) is 35.1 Å². The first kappa shape index (κ1) is 15.3. The van der Waals surface area contributed by atoms with Crippen LogP contribution in [0, 0.1) is 0 Å². The standard InChI is InChI=1S/C12H15F3N2O2/c1-2-3-6-17(8-12(13,14)15)11(19)9-4-5-10(18)16-7-9/h4-5,7H,2-3,6,8H2,1H3,(H,16,18). The number of amides is 1. The Hall–Kier alpha value is -1.79. The normalized spacial score (nSPS) is 11.4. The molecule has 0 aliphatic rings. The SMILES string of the molecule is CCCCN(CC(F)(F)F)C(=O)c1ccc(=O)[nH]c1. The average Bonchev–Trinajstić information content (AvgIpc) is 2.33. The smallest absolute Gasteiger partial charge is 0.329 e. The van der Waals surface area contributed by atoms with Gasteiger partial charge in [-0.15, -0.1) is 0 Å². The molecular formula is C12H15F3N2O2. The number of carbonyl (C=O) groups is 1. The summed E-state index contributed by atoms with van der Waals surface area (Å²) in [5.74, 6) is -0.734. The molecule has 0 radical (unpaired) electrons. The topological polar surface area (TPSA) is 53.2 Å². The summed E-state index contributed by atoms with van der Waals surface area (Å²) < 4.78 is 37.3. The van der Waals surface area contributed by atoms with Gasteiger partial charge in [0.1, 0.15) is 6.54 Å². The predicted molar refractivity (Wildman–Crippen MR) is 63.9 cm³/mol. The van der Waals surface area contributed by atoms with E-state index in [4.69, 9.17) is 0 Å². The highest BCUT2D eigenvalue weighted by Crippen LogP contribution is 2.18. The summed E-state index contributed by atoms with van der Waals surface area (Å²) >= 11 is 0. The van der Waals surface area contributed by atoms with Crippen LogP contribution in [0.1, 0.15) is 30.1 Å². The third-order valence-corrected chi connectivity index (χ3v) is 2.47. The van der Waals surface area contributed by atoms with Crippen molar-refractivity contribution in [1.82, 2.24) is 9.88 Å². The van der Waals surface area contributed by atoms with E-state index in [1.807, 2.05) is 6.92 Å². The van der Waals surface area contributed by atoms with Gasteiger partial charge in [-0.05, 0) is 12.5 Å². The Morgan fingerprint density at radius 3 is 2.53 bits per heavy atom. The number of unbranched alkanes of at least 4 members (excludes halogenated alkanes) is 1. The van der Waals surface area contributed by atoms with Crippen LogP contribution in [0.15, 0.2) is 23.1 Å². The van der Waals surface area contributed by atoms with Crippen LogP contribution in [0.4, 0.5) is 13.2 Å². The number of hydrogen-bond acceptors (Lipinski definition) is 2. The quantitative estimate of drug-likeness (QED) is 0.896. The first-order chi connectivity index (χ1) is 8.83. The summed E-state index contributed by atoms with van der Waals surface area (Å²) in [6.45, 7) is 0.579. The number of aromatic nitrogens is 1. The minimum atomic E-state index is -4.44. The van der Waals surface area contributed by atoms with Crippen LogP contribution < -0.4 is 5.56 Å². The van der Waals surface area contributed by atoms with E-state index in [1.165, 1.54) is 6.07 Å². The number of nitrogens with one attached hydrogen (secondary N) is 1. The Labute approximate surface area is 108 Å². The van der Waals surface area contributed by atoms with Crippen LogP contribution in [-0.2, 0) is 0 Å². The van der Waals surface area contributed by atoms with E-state index in [0.717, 1.165) is 17.2 Å². The Morgan fingerprint density at radius 1 is 1.37 bits per heavy atom. The Balaban J connectivity index is 2.86. The number of rotatable bonds is 5. The Morgan fingerprint density at radius 2 is 2.05 bits per heavy atom. The van der Waals surface area contributed by atoms with Crippen LogP contribution >= 0.6 is 0 Å². The van der Waals surface area contributed by atoms with Crippen LogP contribution in [0.5, 0.6) is 0 Å². The van der Waals surface area contributed by atoms with Crippen molar-refractivity contribution >= 4 is 5.91 Å². The van der Waals surface area contributed by atoms with E-state index in [1.54, 1.807) is 0 Å². The molecule has 19 heavy (non-hydrogen) atoms. The minimum Gasteiger partial charge on any atom is -0.329 e. The van der Waals surface area contributed by atoms with Crippen molar-refractivity contribution in [3.05, 3.63) is 34.2 Å². The highest BCUT2D eigenvalue weighted by molar-refractivity contribution is 5.93. The summed E-state index contributed by atoms with van der Waals surface area (Å²) in [7, 11) is 0. The highest BCUT2D eigenvalue weighted by atomic mass is 19.4. The van der Waals surface area contributed by atoms with Crippen molar-refractivity contribution in [2.45, 2.75) is 25.9 Å². The minimum absolute atomic E-state index is 0.0357. The second kappa shape index (κ2) is 6.40. The molecular weight excluding hydrogens is 261 g/mol. The lowest BCUT2D eigenvalue weighted by Gasteiger charge is -2.23. The summed E-state index contributed by atoms with van der Waals surface area (Å²) in [5.41, 5.74) is -0.368. The van der Waals surface area contributed by atoms with Crippen molar-refractivity contribution in [2.24, 2.45) is 0 Å². The van der Waals surface area contributed by atoms with Crippen LogP contribution in [0.25, 0.3) is 0 Å². The van der Waals surface area contributed by atoms with Gasteiger partial charge in [-0.2, -0.15) is 13.2 Å². The van der Waals surface area contributed by atoms with Crippen molar-refractivity contribution in [3.8, 4) is 0 Å². The van der Waals surface area contributed by atoms with Gasteiger partial charge in [-0.25, -0.2) is 0 Å². The maximum absolute atomic E-state index is 12.4. The van der Waals surface area contributed by atoms with Gasteiger partial charge < -0.3 is 9.88 Å². The number of H-pyrrole nitrogens is 1. The molecule has 0 atom stereocenters. The zero-order valence-corrected chi connectivity index (χ0v) is 10.5. The van der Waals surface area contributed by atoms with Gasteiger partial charge in [-0.1, -0.05) is 13.3 Å². The lowest BCUT2D eigenvalue weighted by atomic mass is 10.2. The van der Waals surface area contributed by atoms with Gasteiger partial charge in [0.25, 0.3) is 5.91 Å². The first-order valence-corrected chi connectivity index (χ1v) is 5.88. The van der Waals surface area contributed by atoms with E-state index in [-0.39, 0.29) is 12.1 Å². The van der Waals surface area contributed by atoms with Crippen molar-refractivity contribution < 1.29 is 18.0 Å². The Kier molecular flexibility index (Phi) is 5.14. The molecule has 0 fully saturated rings. The molecule has 1 aromatic heterocycles. The molecule has 0 aromatic carbocycles. The fourth-order valence-electron chi connectivity index (χ4n) is 1.54. The summed E-state index contributed by atoms with van der Waals surface area (Å²) in [5, 5.41) is 0. The van der Waals surface area contributed by atoms with Crippen LogP contribution in [0.2, 0.25) is 0 Å². The van der Waals surface area contributed by atoms with Gasteiger partial charge in [0.05, 0.1) is 5.56 Å². The molecule has 7 heteroatoms. The fraction of sp³-hybridized carbons (Fsp3) is 0.500. The molecule has 1 rings (SSSR count). The Bertz CT molecular complexity index is 462. The van der Waals surface area contributed by atoms with Crippen molar-refractivity contribution in [3.63, 3.8) is 0 Å². The van der Waals surface area contributed by atoms with Gasteiger partial charge in [0.2, 0.25) is 5.56 Å². The molecule has 4 nitrogen and oxygen atoms in total. The zero-order chi connectivity index (χ0) is 14.5. The average molecular weight is 276 g/mol. The lowest BCUT2D eigenvalue weighted by molar-refractivity contribution is -0.140. The van der Waals surface area contributed by atoms with Crippen molar-refractivity contribution in [1.29, 1.82) is 0 Å². The molecule has 0 spiro atoms. The number of alkyl halides is 3. The number of nitrogens with zero attached hydrogens (tertiary/aromatic N) is 1. The van der Waals surface area contributed by atoms with E-state index in [9.17, 15) is 22.8 Å². The maximum Gasteiger partial charge on any atom is 0.406 e. The summed E-state index contributed by atoms with van der Waals surface area (Å²) in [6, 6.07) is 2.33. The molecule has 1 heterocycles. The molecule has 0 bridgehead atoms. The molecule has 1 N–H and O–H groups in total. The monoisotopic (exact) mass is 276 g/mol. The van der Waals surface area contributed by atoms with Crippen LogP contribution in [0.3, 0.4) is 0 Å². The van der Waals surface area contributed by atoms with E-state index >= 15 is 0 Å². The number of pyridine rings is 1. The largest absolute Gasteiger partial charge is 0.406 e. The van der Waals surface area contributed by atoms with Gasteiger partial charge >= 0.3 is 6.18 Å². The number of halogens is 3. The van der Waals surface area contributed by atoms with E-state index < -0.39 is 24.2 Å². The van der Waals surface area contributed by atoms with Gasteiger partial charge in [0.15, 0.2) is 0 Å². The lowest BCUT2D eigenvalue weighted by Crippen LogP contribution is -2.39. The number of hydrogen-bond donors (Lipinski definition) is 1. The molecule has 0 saturated heterocycles. The number of aromatic amines is 1. The summed E-state index contributed by atoms with van der Waals surface area (Å²) in [4.78, 5) is 25.8. The number of carbonyl (C=O) groups excluding carboxylic acids is 1. The fourth-order valence-corrected chi connectivity index (χ4v) is 1.54. The third kappa shape index (κ3) is 5.15.